The molecule has 1 aliphatic rings. The molecule has 1 aliphatic carbocycles. The Morgan fingerprint density at radius 2 is 2.14 bits per heavy atom. The zero-order valence-electron chi connectivity index (χ0n) is 10.8. The summed E-state index contributed by atoms with van der Waals surface area (Å²) in [6.45, 7) is 0. The van der Waals surface area contributed by atoms with Crippen LogP contribution in [0.4, 0.5) is 10.1 Å². The van der Waals surface area contributed by atoms with E-state index in [0.29, 0.717) is 11.7 Å². The highest BCUT2D eigenvalue weighted by atomic mass is 19.1. The number of hydrogen-bond acceptors (Lipinski definition) is 4. The van der Waals surface area contributed by atoms with Crippen LogP contribution in [-0.4, -0.2) is 32.2 Å². The van der Waals surface area contributed by atoms with E-state index in [1.807, 2.05) is 0 Å². The highest BCUT2D eigenvalue weighted by Crippen LogP contribution is 2.37. The minimum atomic E-state index is -1.41. The molecule has 3 rings (SSSR count). The van der Waals surface area contributed by atoms with E-state index in [1.165, 1.54) is 6.07 Å². The zero-order chi connectivity index (χ0) is 15.0. The van der Waals surface area contributed by atoms with E-state index in [-0.39, 0.29) is 11.5 Å². The number of H-pyrrole nitrogens is 1. The van der Waals surface area contributed by atoms with Crippen molar-refractivity contribution < 1.29 is 19.1 Å². The molecule has 3 N–H and O–H groups in total. The van der Waals surface area contributed by atoms with Crippen LogP contribution in [0.15, 0.2) is 18.2 Å². The fourth-order valence-electron chi connectivity index (χ4n) is 1.87. The van der Waals surface area contributed by atoms with E-state index in [4.69, 9.17) is 5.11 Å². The molecule has 0 bridgehead atoms. The van der Waals surface area contributed by atoms with Crippen LogP contribution in [0.25, 0.3) is 0 Å². The van der Waals surface area contributed by atoms with Crippen molar-refractivity contribution in [3.05, 3.63) is 41.2 Å². The molecule has 0 saturated heterocycles. The van der Waals surface area contributed by atoms with Gasteiger partial charge in [0.15, 0.2) is 0 Å². The number of aromatic carboxylic acids is 1. The smallest absolute Gasteiger partial charge is 0.338 e. The molecule has 0 radical (unpaired) electrons. The quantitative estimate of drug-likeness (QED) is 0.795. The Morgan fingerprint density at radius 3 is 2.81 bits per heavy atom. The van der Waals surface area contributed by atoms with Gasteiger partial charge in [-0.15, -0.1) is 5.10 Å². The highest BCUT2D eigenvalue weighted by Gasteiger charge is 2.28. The molecule has 1 aromatic carbocycles. The maximum Gasteiger partial charge on any atom is 0.338 e. The summed E-state index contributed by atoms with van der Waals surface area (Å²) in [4.78, 5) is 26.8. The van der Waals surface area contributed by atoms with Crippen molar-refractivity contribution in [2.75, 3.05) is 5.32 Å². The predicted molar refractivity (Wildman–Crippen MR) is 69.7 cm³/mol. The third kappa shape index (κ3) is 2.73. The Balaban J connectivity index is 1.77. The number of aromatic amines is 1. The molecule has 1 amide bonds. The van der Waals surface area contributed by atoms with Gasteiger partial charge in [-0.25, -0.2) is 14.2 Å². The van der Waals surface area contributed by atoms with Gasteiger partial charge < -0.3 is 10.4 Å². The number of hydrogen-bond donors (Lipinski definition) is 3. The average molecular weight is 290 g/mol. The molecule has 108 valence electrons. The van der Waals surface area contributed by atoms with E-state index >= 15 is 0 Å². The van der Waals surface area contributed by atoms with Crippen molar-refractivity contribution >= 4 is 17.6 Å². The fourth-order valence-corrected chi connectivity index (χ4v) is 1.87. The van der Waals surface area contributed by atoms with Gasteiger partial charge in [-0.2, -0.15) is 0 Å². The minimum Gasteiger partial charge on any atom is -0.478 e. The number of carboxylic acids is 1. The number of carbonyl (C=O) groups excluding carboxylic acids is 1. The molecule has 2 aromatic rings. The number of halogens is 1. The van der Waals surface area contributed by atoms with Gasteiger partial charge in [-0.1, -0.05) is 0 Å². The standard InChI is InChI=1S/C13H11FN4O3/c14-9-4-3-7(5-8(9)13(20)21)15-12(19)11-16-10(17-18-11)6-1-2-6/h3-6H,1-2H2,(H,15,19)(H,20,21)(H,16,17,18). The molecule has 1 aromatic heterocycles. The molecular formula is C13H11FN4O3. The highest BCUT2D eigenvalue weighted by molar-refractivity contribution is 6.02. The number of rotatable bonds is 4. The lowest BCUT2D eigenvalue weighted by Crippen LogP contribution is -2.14. The molecule has 0 spiro atoms. The Hall–Kier alpha value is -2.77. The van der Waals surface area contributed by atoms with E-state index < -0.39 is 23.3 Å². The van der Waals surface area contributed by atoms with Gasteiger partial charge in [0.25, 0.3) is 5.91 Å². The van der Waals surface area contributed by atoms with Gasteiger partial charge in [0, 0.05) is 11.6 Å². The van der Waals surface area contributed by atoms with E-state index in [9.17, 15) is 14.0 Å². The summed E-state index contributed by atoms with van der Waals surface area (Å²) in [5.41, 5.74) is -0.349. The fraction of sp³-hybridized carbons (Fsp3) is 0.231. The molecule has 0 atom stereocenters. The molecule has 1 heterocycles. The number of nitrogens with one attached hydrogen (secondary N) is 2. The molecule has 21 heavy (non-hydrogen) atoms. The topological polar surface area (TPSA) is 108 Å². The molecule has 0 unspecified atom stereocenters. The van der Waals surface area contributed by atoms with Crippen LogP contribution >= 0.6 is 0 Å². The predicted octanol–water partition coefficient (Wildman–Crippen LogP) is 1.77. The lowest BCUT2D eigenvalue weighted by molar-refractivity contribution is 0.0691. The summed E-state index contributed by atoms with van der Waals surface area (Å²) in [5.74, 6) is -1.87. The monoisotopic (exact) mass is 290 g/mol. The summed E-state index contributed by atoms with van der Waals surface area (Å²) in [6.07, 6.45) is 2.05. The second-order valence-corrected chi connectivity index (χ2v) is 4.77. The number of carbonyl (C=O) groups is 2. The van der Waals surface area contributed by atoms with Crippen molar-refractivity contribution in [2.45, 2.75) is 18.8 Å². The van der Waals surface area contributed by atoms with Gasteiger partial charge in [-0.05, 0) is 31.0 Å². The van der Waals surface area contributed by atoms with Crippen molar-refractivity contribution in [3.63, 3.8) is 0 Å². The van der Waals surface area contributed by atoms with Crippen LogP contribution in [0.2, 0.25) is 0 Å². The molecule has 7 nitrogen and oxygen atoms in total. The zero-order valence-corrected chi connectivity index (χ0v) is 10.8. The van der Waals surface area contributed by atoms with Gasteiger partial charge >= 0.3 is 5.97 Å². The number of anilines is 1. The van der Waals surface area contributed by atoms with Crippen LogP contribution in [0.3, 0.4) is 0 Å². The van der Waals surface area contributed by atoms with Crippen molar-refractivity contribution in [1.29, 1.82) is 0 Å². The third-order valence-corrected chi connectivity index (χ3v) is 3.12. The first-order valence-electron chi connectivity index (χ1n) is 6.31. The summed E-state index contributed by atoms with van der Waals surface area (Å²) in [7, 11) is 0. The average Bonchev–Trinajstić information content (AvgIpc) is 3.18. The largest absolute Gasteiger partial charge is 0.478 e. The Kier molecular flexibility index (Phi) is 3.13. The Bertz CT molecular complexity index is 724. The number of nitrogens with zero attached hydrogens (tertiary/aromatic N) is 2. The lowest BCUT2D eigenvalue weighted by Gasteiger charge is -2.04. The van der Waals surface area contributed by atoms with Gasteiger partial charge in [-0.3, -0.25) is 9.89 Å². The van der Waals surface area contributed by atoms with E-state index in [1.54, 1.807) is 0 Å². The second kappa shape index (κ2) is 4.97. The maximum absolute atomic E-state index is 13.3. The lowest BCUT2D eigenvalue weighted by atomic mass is 10.2. The Labute approximate surface area is 118 Å². The van der Waals surface area contributed by atoms with Crippen molar-refractivity contribution in [3.8, 4) is 0 Å². The maximum atomic E-state index is 13.3. The van der Waals surface area contributed by atoms with Gasteiger partial charge in [0.05, 0.1) is 5.56 Å². The molecule has 8 heteroatoms. The van der Waals surface area contributed by atoms with Gasteiger partial charge in [0.2, 0.25) is 5.82 Å². The summed E-state index contributed by atoms with van der Waals surface area (Å²) in [6, 6.07) is 3.30. The number of benzene rings is 1. The normalized spacial score (nSPS) is 14.0. The minimum absolute atomic E-state index is 0.0295. The molecule has 1 fully saturated rings. The molecular weight excluding hydrogens is 279 g/mol. The molecule has 0 aliphatic heterocycles. The van der Waals surface area contributed by atoms with Crippen LogP contribution < -0.4 is 5.32 Å². The van der Waals surface area contributed by atoms with Crippen molar-refractivity contribution in [2.24, 2.45) is 0 Å². The van der Waals surface area contributed by atoms with Gasteiger partial charge in [0.1, 0.15) is 11.6 Å². The van der Waals surface area contributed by atoms with Crippen LogP contribution in [0.1, 0.15) is 45.6 Å². The van der Waals surface area contributed by atoms with Crippen LogP contribution in [0.5, 0.6) is 0 Å². The van der Waals surface area contributed by atoms with Crippen molar-refractivity contribution in [1.82, 2.24) is 15.2 Å². The first-order valence-corrected chi connectivity index (χ1v) is 6.31. The SMILES string of the molecule is O=C(Nc1ccc(F)c(C(=O)O)c1)c1n[nH]c(C2CC2)n1. The van der Waals surface area contributed by atoms with Crippen LogP contribution in [-0.2, 0) is 0 Å². The number of aromatic nitrogens is 3. The number of amides is 1. The number of carboxylic acid groups (broad SMARTS) is 1. The molecule has 1 saturated carbocycles. The van der Waals surface area contributed by atoms with E-state index in [0.717, 1.165) is 25.0 Å². The third-order valence-electron chi connectivity index (χ3n) is 3.12. The first kappa shape index (κ1) is 13.2. The second-order valence-electron chi connectivity index (χ2n) is 4.77. The first-order chi connectivity index (χ1) is 10.0. The van der Waals surface area contributed by atoms with Crippen LogP contribution in [0, 0.1) is 5.82 Å². The Morgan fingerprint density at radius 1 is 1.38 bits per heavy atom. The summed E-state index contributed by atoms with van der Waals surface area (Å²) < 4.78 is 13.3. The summed E-state index contributed by atoms with van der Waals surface area (Å²) >= 11 is 0. The van der Waals surface area contributed by atoms with E-state index in [2.05, 4.69) is 20.5 Å². The summed E-state index contributed by atoms with van der Waals surface area (Å²) in [5, 5.41) is 17.8.